The fourth-order valence-corrected chi connectivity index (χ4v) is 2.43. The van der Waals surface area contributed by atoms with E-state index in [9.17, 15) is 4.79 Å². The first-order valence-corrected chi connectivity index (χ1v) is 7.24. The Morgan fingerprint density at radius 3 is 2.95 bits per heavy atom. The van der Waals surface area contributed by atoms with Crippen molar-refractivity contribution in [2.45, 2.75) is 13.3 Å². The molecule has 0 spiro atoms. The minimum atomic E-state index is -0.0181. The number of hydrogen-bond donors (Lipinski definition) is 2. The first-order chi connectivity index (χ1) is 9.69. The lowest BCUT2D eigenvalue weighted by Crippen LogP contribution is -2.14. The molecule has 0 atom stereocenters. The van der Waals surface area contributed by atoms with Crippen molar-refractivity contribution in [3.63, 3.8) is 0 Å². The molecule has 0 fully saturated rings. The highest BCUT2D eigenvalue weighted by Gasteiger charge is 2.06. The van der Waals surface area contributed by atoms with E-state index in [0.717, 1.165) is 22.4 Å². The van der Waals surface area contributed by atoms with E-state index in [1.54, 1.807) is 11.3 Å². The lowest BCUT2D eigenvalue weighted by Gasteiger charge is -2.08. The van der Waals surface area contributed by atoms with Gasteiger partial charge >= 0.3 is 0 Å². The molecule has 102 valence electrons. The van der Waals surface area contributed by atoms with Gasteiger partial charge in [0.2, 0.25) is 5.91 Å². The summed E-state index contributed by atoms with van der Waals surface area (Å²) in [7, 11) is 0. The Balaban J connectivity index is 2.09. The molecule has 1 aromatic carbocycles. The van der Waals surface area contributed by atoms with E-state index < -0.39 is 0 Å². The van der Waals surface area contributed by atoms with Gasteiger partial charge in [0, 0.05) is 11.3 Å². The van der Waals surface area contributed by atoms with Gasteiger partial charge in [-0.1, -0.05) is 17.9 Å². The minimum absolute atomic E-state index is 0.0181. The predicted octanol–water partition coefficient (Wildman–Crippen LogP) is 2.55. The van der Waals surface area contributed by atoms with Crippen LogP contribution in [-0.2, 0) is 11.2 Å². The van der Waals surface area contributed by atoms with Gasteiger partial charge in [-0.25, -0.2) is 0 Å². The number of aryl methyl sites for hydroxylation is 1. The third kappa shape index (κ3) is 3.95. The predicted molar refractivity (Wildman–Crippen MR) is 83.8 cm³/mol. The van der Waals surface area contributed by atoms with Crippen molar-refractivity contribution in [3.05, 3.63) is 51.7 Å². The maximum Gasteiger partial charge on any atom is 0.228 e. The molecule has 0 aliphatic carbocycles. The van der Waals surface area contributed by atoms with E-state index >= 15 is 0 Å². The van der Waals surface area contributed by atoms with Gasteiger partial charge in [-0.2, -0.15) is 11.3 Å². The number of rotatable bonds is 3. The molecule has 1 amide bonds. The Kier molecular flexibility index (Phi) is 4.94. The molecule has 0 aliphatic rings. The second-order valence-electron chi connectivity index (χ2n) is 4.39. The van der Waals surface area contributed by atoms with Crippen LogP contribution < -0.4 is 11.1 Å². The van der Waals surface area contributed by atoms with Crippen molar-refractivity contribution < 1.29 is 4.79 Å². The quantitative estimate of drug-likeness (QED) is 0.851. The first-order valence-electron chi connectivity index (χ1n) is 6.29. The smallest absolute Gasteiger partial charge is 0.228 e. The zero-order chi connectivity index (χ0) is 14.4. The van der Waals surface area contributed by atoms with Crippen LogP contribution in [0.4, 0.5) is 5.69 Å². The van der Waals surface area contributed by atoms with Crippen LogP contribution in [0.15, 0.2) is 35.0 Å². The van der Waals surface area contributed by atoms with E-state index in [1.165, 1.54) is 0 Å². The van der Waals surface area contributed by atoms with Gasteiger partial charge in [0.15, 0.2) is 0 Å². The highest BCUT2D eigenvalue weighted by molar-refractivity contribution is 7.08. The number of hydrogen-bond acceptors (Lipinski definition) is 3. The average molecular weight is 284 g/mol. The molecule has 0 saturated carbocycles. The lowest BCUT2D eigenvalue weighted by molar-refractivity contribution is -0.115. The van der Waals surface area contributed by atoms with Gasteiger partial charge in [-0.05, 0) is 47.0 Å². The van der Waals surface area contributed by atoms with Gasteiger partial charge < -0.3 is 11.1 Å². The molecule has 2 rings (SSSR count). The average Bonchev–Trinajstić information content (AvgIpc) is 2.92. The molecular weight excluding hydrogens is 268 g/mol. The van der Waals surface area contributed by atoms with Crippen LogP contribution in [0, 0.1) is 18.8 Å². The fourth-order valence-electron chi connectivity index (χ4n) is 1.76. The van der Waals surface area contributed by atoms with E-state index in [2.05, 4.69) is 17.2 Å². The van der Waals surface area contributed by atoms with Crippen molar-refractivity contribution in [2.24, 2.45) is 5.73 Å². The Morgan fingerprint density at radius 1 is 1.40 bits per heavy atom. The van der Waals surface area contributed by atoms with Crippen LogP contribution in [0.1, 0.15) is 16.7 Å². The molecule has 2 aromatic rings. The highest BCUT2D eigenvalue weighted by Crippen LogP contribution is 2.17. The lowest BCUT2D eigenvalue weighted by atomic mass is 10.1. The molecule has 0 unspecified atom stereocenters. The van der Waals surface area contributed by atoms with Crippen molar-refractivity contribution >= 4 is 22.9 Å². The van der Waals surface area contributed by atoms with Gasteiger partial charge in [-0.15, -0.1) is 0 Å². The zero-order valence-corrected chi connectivity index (χ0v) is 12.1. The third-order valence-electron chi connectivity index (χ3n) is 2.79. The van der Waals surface area contributed by atoms with Crippen LogP contribution >= 0.6 is 11.3 Å². The van der Waals surface area contributed by atoms with E-state index in [0.29, 0.717) is 13.0 Å². The van der Waals surface area contributed by atoms with Crippen LogP contribution in [0.2, 0.25) is 0 Å². The SMILES string of the molecule is Cc1ccc(C#CCN)cc1NC(=O)Cc1ccsc1. The van der Waals surface area contributed by atoms with E-state index in [-0.39, 0.29) is 5.91 Å². The molecule has 4 heteroatoms. The molecule has 0 aliphatic heterocycles. The maximum absolute atomic E-state index is 12.0. The van der Waals surface area contributed by atoms with Gasteiger partial charge in [0.05, 0.1) is 13.0 Å². The Morgan fingerprint density at radius 2 is 2.25 bits per heavy atom. The molecule has 3 N–H and O–H groups in total. The molecular formula is C16H16N2OS. The standard InChI is InChI=1S/C16H16N2OS/c1-12-4-5-13(3-2-7-17)9-15(12)18-16(19)10-14-6-8-20-11-14/h4-6,8-9,11H,7,10,17H2,1H3,(H,18,19). The Hall–Kier alpha value is -2.09. The van der Waals surface area contributed by atoms with Crippen LogP contribution in [0.25, 0.3) is 0 Å². The van der Waals surface area contributed by atoms with E-state index in [1.807, 2.05) is 41.9 Å². The maximum atomic E-state index is 12.0. The summed E-state index contributed by atoms with van der Waals surface area (Å²) in [4.78, 5) is 12.0. The normalized spacial score (nSPS) is 9.70. The highest BCUT2D eigenvalue weighted by atomic mass is 32.1. The number of nitrogens with one attached hydrogen (secondary N) is 1. The summed E-state index contributed by atoms with van der Waals surface area (Å²) in [5, 5.41) is 6.88. The van der Waals surface area contributed by atoms with Crippen molar-refractivity contribution in [2.75, 3.05) is 11.9 Å². The molecule has 0 saturated heterocycles. The van der Waals surface area contributed by atoms with Crippen LogP contribution in [0.3, 0.4) is 0 Å². The number of amides is 1. The summed E-state index contributed by atoms with van der Waals surface area (Å²) in [5.74, 6) is 5.76. The molecule has 0 radical (unpaired) electrons. The summed E-state index contributed by atoms with van der Waals surface area (Å²) < 4.78 is 0. The molecule has 20 heavy (non-hydrogen) atoms. The monoisotopic (exact) mass is 284 g/mol. The number of nitrogens with two attached hydrogens (primary N) is 1. The number of carbonyl (C=O) groups excluding carboxylic acids is 1. The first kappa shape index (κ1) is 14.3. The second-order valence-corrected chi connectivity index (χ2v) is 5.17. The fraction of sp³-hybridized carbons (Fsp3) is 0.188. The van der Waals surface area contributed by atoms with Gasteiger partial charge in [-0.3, -0.25) is 4.79 Å². The summed E-state index contributed by atoms with van der Waals surface area (Å²) in [5.41, 5.74) is 9.06. The Bertz CT molecular complexity index is 651. The number of benzene rings is 1. The van der Waals surface area contributed by atoms with Crippen molar-refractivity contribution in [1.82, 2.24) is 0 Å². The zero-order valence-electron chi connectivity index (χ0n) is 11.3. The largest absolute Gasteiger partial charge is 0.326 e. The summed E-state index contributed by atoms with van der Waals surface area (Å²) in [6.45, 7) is 2.29. The molecule has 1 heterocycles. The van der Waals surface area contributed by atoms with Crippen molar-refractivity contribution in [1.29, 1.82) is 0 Å². The third-order valence-corrected chi connectivity index (χ3v) is 3.52. The summed E-state index contributed by atoms with van der Waals surface area (Å²) in [6, 6.07) is 7.71. The number of carbonyl (C=O) groups is 1. The molecule has 1 aromatic heterocycles. The molecule has 0 bridgehead atoms. The number of thiophene rings is 1. The van der Waals surface area contributed by atoms with Crippen LogP contribution in [-0.4, -0.2) is 12.5 Å². The van der Waals surface area contributed by atoms with Gasteiger partial charge in [0.1, 0.15) is 0 Å². The summed E-state index contributed by atoms with van der Waals surface area (Å²) in [6.07, 6.45) is 0.391. The molecule has 3 nitrogen and oxygen atoms in total. The minimum Gasteiger partial charge on any atom is -0.326 e. The van der Waals surface area contributed by atoms with Gasteiger partial charge in [0.25, 0.3) is 0 Å². The second kappa shape index (κ2) is 6.90. The Labute approximate surface area is 122 Å². The number of anilines is 1. The van der Waals surface area contributed by atoms with Crippen LogP contribution in [0.5, 0.6) is 0 Å². The topological polar surface area (TPSA) is 55.1 Å². The van der Waals surface area contributed by atoms with E-state index in [4.69, 9.17) is 5.73 Å². The van der Waals surface area contributed by atoms with Crippen molar-refractivity contribution in [3.8, 4) is 11.8 Å². The summed E-state index contributed by atoms with van der Waals surface area (Å²) >= 11 is 1.59.